The Bertz CT molecular complexity index is 1350. The van der Waals surface area contributed by atoms with Crippen molar-refractivity contribution in [2.75, 3.05) is 11.2 Å². The van der Waals surface area contributed by atoms with Crippen LogP contribution in [0.2, 0.25) is 0 Å². The first-order valence-electron chi connectivity index (χ1n) is 9.33. The molecule has 0 saturated heterocycles. The third-order valence-corrected chi connectivity index (χ3v) is 6.34. The predicted octanol–water partition coefficient (Wildman–Crippen LogP) is 4.79. The smallest absolute Gasteiger partial charge is 0.240 e. The average molecular weight is 436 g/mol. The first-order chi connectivity index (χ1) is 14.8. The number of benzene rings is 3. The summed E-state index contributed by atoms with van der Waals surface area (Å²) in [5.74, 6) is -1.21. The van der Waals surface area contributed by atoms with Crippen LogP contribution in [0.3, 0.4) is 0 Å². The van der Waals surface area contributed by atoms with Gasteiger partial charge in [-0.25, -0.2) is 12.8 Å². The topological polar surface area (TPSA) is 103 Å². The second kappa shape index (κ2) is 7.86. The van der Waals surface area contributed by atoms with Gasteiger partial charge in [0.05, 0.1) is 17.1 Å². The van der Waals surface area contributed by atoms with Crippen molar-refractivity contribution in [3.05, 3.63) is 94.1 Å². The molecule has 0 fully saturated rings. The fourth-order valence-corrected chi connectivity index (χ4v) is 4.67. The average Bonchev–Trinajstić information content (AvgIpc) is 2.75. The molecule has 31 heavy (non-hydrogen) atoms. The van der Waals surface area contributed by atoms with Gasteiger partial charge in [-0.2, -0.15) is 0 Å². The number of nitrogens with zero attached hydrogens (tertiary/aromatic N) is 4. The largest absolute Gasteiger partial charge is 0.305 e. The fourth-order valence-electron chi connectivity index (χ4n) is 3.76. The van der Waals surface area contributed by atoms with Gasteiger partial charge >= 0.3 is 0 Å². The van der Waals surface area contributed by atoms with E-state index in [0.717, 1.165) is 11.8 Å². The maximum Gasteiger partial charge on any atom is 0.240 e. The van der Waals surface area contributed by atoms with Gasteiger partial charge in [-0.15, -0.1) is 0 Å². The number of azide groups is 1. The molecule has 9 heteroatoms. The molecule has 3 aromatic carbocycles. The lowest BCUT2D eigenvalue weighted by molar-refractivity contribution is -0.120. The van der Waals surface area contributed by atoms with E-state index in [2.05, 4.69) is 10.0 Å². The number of halogens is 1. The summed E-state index contributed by atoms with van der Waals surface area (Å²) < 4.78 is 39.4. The highest BCUT2D eigenvalue weighted by Gasteiger charge is 2.34. The number of hydrogen-bond acceptors (Lipinski definition) is 4. The number of rotatable bonds is 4. The predicted molar refractivity (Wildman–Crippen MR) is 114 cm³/mol. The molecule has 0 N–H and O–H groups in total. The van der Waals surface area contributed by atoms with Crippen molar-refractivity contribution >= 4 is 21.4 Å². The molecule has 1 amide bonds. The van der Waals surface area contributed by atoms with E-state index in [9.17, 15) is 13.2 Å². The molecule has 4 rings (SSSR count). The van der Waals surface area contributed by atoms with Crippen LogP contribution in [-0.4, -0.2) is 20.6 Å². The summed E-state index contributed by atoms with van der Waals surface area (Å²) in [7, 11) is -3.51. The first-order valence-corrected chi connectivity index (χ1v) is 11.2. The van der Waals surface area contributed by atoms with Crippen molar-refractivity contribution < 1.29 is 17.6 Å². The molecule has 1 heterocycles. The van der Waals surface area contributed by atoms with Gasteiger partial charge in [0.25, 0.3) is 0 Å². The molecule has 0 bridgehead atoms. The third-order valence-electron chi connectivity index (χ3n) is 5.18. The number of anilines is 1. The quantitative estimate of drug-likeness (QED) is 0.333. The van der Waals surface area contributed by atoms with Crippen LogP contribution in [0.4, 0.5) is 10.1 Å². The van der Waals surface area contributed by atoms with E-state index in [-0.39, 0.29) is 17.1 Å². The van der Waals surface area contributed by atoms with Crippen molar-refractivity contribution in [2.24, 2.45) is 5.11 Å². The van der Waals surface area contributed by atoms with Crippen LogP contribution in [-0.2, 0) is 21.2 Å². The molecule has 0 aromatic heterocycles. The highest BCUT2D eigenvalue weighted by Crippen LogP contribution is 2.36. The summed E-state index contributed by atoms with van der Waals surface area (Å²) in [4.78, 5) is 17.1. The van der Waals surface area contributed by atoms with Crippen LogP contribution < -0.4 is 4.90 Å². The van der Waals surface area contributed by atoms with Crippen LogP contribution in [0, 0.1) is 5.82 Å². The Kier molecular flexibility index (Phi) is 5.22. The Balaban J connectivity index is 1.78. The molecule has 0 spiro atoms. The Morgan fingerprint density at radius 1 is 1.10 bits per heavy atom. The maximum atomic E-state index is 15.2. The van der Waals surface area contributed by atoms with E-state index in [4.69, 9.17) is 5.53 Å². The number of amides is 1. The van der Waals surface area contributed by atoms with Gasteiger partial charge in [0.15, 0.2) is 9.84 Å². The monoisotopic (exact) mass is 436 g/mol. The molecule has 156 valence electrons. The number of sulfone groups is 1. The molecule has 7 nitrogen and oxygen atoms in total. The van der Waals surface area contributed by atoms with Crippen molar-refractivity contribution in [1.29, 1.82) is 0 Å². The van der Waals surface area contributed by atoms with Crippen LogP contribution in [0.5, 0.6) is 0 Å². The van der Waals surface area contributed by atoms with Gasteiger partial charge in [0, 0.05) is 16.7 Å². The zero-order chi connectivity index (χ0) is 22.2. The van der Waals surface area contributed by atoms with Crippen LogP contribution in [0.15, 0.2) is 76.7 Å². The Morgan fingerprint density at radius 3 is 2.52 bits per heavy atom. The van der Waals surface area contributed by atoms with E-state index in [1.807, 2.05) is 0 Å². The molecule has 0 radical (unpaired) electrons. The van der Waals surface area contributed by atoms with Gasteiger partial charge in [-0.1, -0.05) is 53.6 Å². The molecule has 1 aliphatic rings. The maximum absolute atomic E-state index is 15.2. The van der Waals surface area contributed by atoms with E-state index in [1.165, 1.54) is 23.1 Å². The van der Waals surface area contributed by atoms with Gasteiger partial charge in [0.1, 0.15) is 11.9 Å². The summed E-state index contributed by atoms with van der Waals surface area (Å²) in [6, 6.07) is 16.5. The Hall–Kier alpha value is -3.68. The number of carbonyl (C=O) groups is 1. The molecule has 1 atom stereocenters. The Labute approximate surface area is 178 Å². The lowest BCUT2D eigenvalue weighted by Crippen LogP contribution is -2.39. The normalized spacial score (nSPS) is 15.9. The van der Waals surface area contributed by atoms with Gasteiger partial charge in [-0.05, 0) is 40.4 Å². The van der Waals surface area contributed by atoms with Crippen molar-refractivity contribution in [3.63, 3.8) is 0 Å². The van der Waals surface area contributed by atoms with E-state index < -0.39 is 27.6 Å². The SMILES string of the molecule is CS(=O)(=O)c1ccccc1-c1ccc(N2Cc3ccccc3C(N=[N+]=[N-])C2=O)c(F)c1. The third kappa shape index (κ3) is 3.76. The van der Waals surface area contributed by atoms with E-state index in [0.29, 0.717) is 16.7 Å². The van der Waals surface area contributed by atoms with Gasteiger partial charge in [-0.3, -0.25) is 4.79 Å². The second-order valence-corrected chi connectivity index (χ2v) is 9.15. The second-order valence-electron chi connectivity index (χ2n) is 7.17. The molecular formula is C22H17FN4O3S. The molecule has 1 aliphatic heterocycles. The van der Waals surface area contributed by atoms with Crippen molar-refractivity contribution in [3.8, 4) is 11.1 Å². The highest BCUT2D eigenvalue weighted by atomic mass is 32.2. The summed E-state index contributed by atoms with van der Waals surface area (Å²) >= 11 is 0. The summed E-state index contributed by atoms with van der Waals surface area (Å²) in [6.45, 7) is 0.128. The number of hydrogen-bond donors (Lipinski definition) is 0. The number of carbonyl (C=O) groups excluding carboxylic acids is 1. The minimum absolute atomic E-state index is 0.0261. The first kappa shape index (κ1) is 20.6. The number of fused-ring (bicyclic) bond motifs is 1. The zero-order valence-corrected chi connectivity index (χ0v) is 17.3. The van der Waals surface area contributed by atoms with E-state index in [1.54, 1.807) is 48.5 Å². The molecule has 1 unspecified atom stereocenters. The zero-order valence-electron chi connectivity index (χ0n) is 16.4. The molecular weight excluding hydrogens is 419 g/mol. The summed E-state index contributed by atoms with van der Waals surface area (Å²) in [5.41, 5.74) is 11.0. The lowest BCUT2D eigenvalue weighted by Gasteiger charge is -2.32. The fraction of sp³-hybridized carbons (Fsp3) is 0.136. The highest BCUT2D eigenvalue weighted by molar-refractivity contribution is 7.90. The molecule has 0 saturated carbocycles. The summed E-state index contributed by atoms with van der Waals surface area (Å²) in [5, 5.41) is 3.62. The van der Waals surface area contributed by atoms with Gasteiger partial charge in [0.2, 0.25) is 5.91 Å². The van der Waals surface area contributed by atoms with Crippen LogP contribution in [0.1, 0.15) is 17.2 Å². The summed E-state index contributed by atoms with van der Waals surface area (Å²) in [6.07, 6.45) is 1.09. The standard InChI is InChI=1S/C22H17FN4O3S/c1-31(29,30)20-9-5-4-7-16(20)14-10-11-19(18(23)12-14)27-13-15-6-2-3-8-17(15)21(22(27)28)25-26-24/h2-12,21H,13H2,1H3. The van der Waals surface area contributed by atoms with E-state index >= 15 is 4.39 Å². The van der Waals surface area contributed by atoms with Crippen LogP contribution in [0.25, 0.3) is 21.6 Å². The van der Waals surface area contributed by atoms with Crippen molar-refractivity contribution in [2.45, 2.75) is 17.5 Å². The van der Waals surface area contributed by atoms with Crippen molar-refractivity contribution in [1.82, 2.24) is 0 Å². The molecule has 3 aromatic rings. The van der Waals surface area contributed by atoms with Gasteiger partial charge < -0.3 is 4.90 Å². The molecule has 0 aliphatic carbocycles. The lowest BCUT2D eigenvalue weighted by atomic mass is 9.94. The minimum atomic E-state index is -3.51. The van der Waals surface area contributed by atoms with Crippen LogP contribution >= 0.6 is 0 Å². The Morgan fingerprint density at radius 2 is 1.81 bits per heavy atom. The minimum Gasteiger partial charge on any atom is -0.305 e.